The van der Waals surface area contributed by atoms with E-state index in [4.69, 9.17) is 4.74 Å². The highest BCUT2D eigenvalue weighted by Gasteiger charge is 2.20. The number of benzene rings is 1. The summed E-state index contributed by atoms with van der Waals surface area (Å²) in [5.41, 5.74) is -0.0790. The van der Waals surface area contributed by atoms with Crippen LogP contribution >= 0.6 is 0 Å². The second kappa shape index (κ2) is 8.39. The van der Waals surface area contributed by atoms with Gasteiger partial charge in [-0.3, -0.25) is 0 Å². The highest BCUT2D eigenvalue weighted by Crippen LogP contribution is 2.28. The van der Waals surface area contributed by atoms with Crippen molar-refractivity contribution in [2.75, 3.05) is 26.8 Å². The lowest BCUT2D eigenvalue weighted by Crippen LogP contribution is -2.25. The van der Waals surface area contributed by atoms with Gasteiger partial charge in [-0.05, 0) is 31.2 Å². The van der Waals surface area contributed by atoms with E-state index in [0.717, 1.165) is 31.6 Å². The Morgan fingerprint density at radius 2 is 1.67 bits per heavy atom. The highest BCUT2D eigenvalue weighted by molar-refractivity contribution is 5.21. The van der Waals surface area contributed by atoms with Gasteiger partial charge in [-0.1, -0.05) is 13.8 Å². The zero-order valence-electron chi connectivity index (χ0n) is 12.9. The summed E-state index contributed by atoms with van der Waals surface area (Å²) >= 11 is 0. The topological polar surface area (TPSA) is 21.3 Å². The number of methoxy groups -OCH3 is 1. The summed E-state index contributed by atoms with van der Waals surface area (Å²) in [6.07, 6.45) is 1.79. The number of ether oxygens (including phenoxy) is 1. The number of halogens is 3. The van der Waals surface area contributed by atoms with E-state index in [2.05, 4.69) is 19.2 Å². The third-order valence-electron chi connectivity index (χ3n) is 3.62. The maximum atomic E-state index is 13.6. The van der Waals surface area contributed by atoms with Crippen LogP contribution in [0.2, 0.25) is 0 Å². The summed E-state index contributed by atoms with van der Waals surface area (Å²) in [4.78, 5) is 0. The Kier molecular flexibility index (Phi) is 7.18. The maximum absolute atomic E-state index is 13.6. The molecule has 0 fully saturated rings. The Morgan fingerprint density at radius 3 is 2.24 bits per heavy atom. The number of hydrogen-bond donors (Lipinski definition) is 1. The van der Waals surface area contributed by atoms with Gasteiger partial charge in [0.1, 0.15) is 17.5 Å². The molecule has 0 unspecified atom stereocenters. The first-order valence-corrected chi connectivity index (χ1v) is 7.19. The summed E-state index contributed by atoms with van der Waals surface area (Å²) in [6, 6.07) is 1.47. The van der Waals surface area contributed by atoms with Crippen LogP contribution in [0, 0.1) is 22.9 Å². The van der Waals surface area contributed by atoms with Gasteiger partial charge in [-0.25, -0.2) is 13.2 Å². The van der Waals surface area contributed by atoms with Gasteiger partial charge in [-0.15, -0.1) is 0 Å². The van der Waals surface area contributed by atoms with E-state index in [-0.39, 0.29) is 17.4 Å². The first-order chi connectivity index (χ1) is 9.85. The van der Waals surface area contributed by atoms with Crippen LogP contribution in [0.15, 0.2) is 12.1 Å². The molecule has 2 nitrogen and oxygen atoms in total. The fourth-order valence-electron chi connectivity index (χ4n) is 2.13. The standard InChI is InChI=1S/C16H24F3NO/c1-16(2,6-7-20-8-9-21-3)5-4-13-14(18)10-12(17)11-15(13)19/h10-11,20H,4-9H2,1-3H3. The molecule has 0 amide bonds. The second-order valence-corrected chi connectivity index (χ2v) is 6.01. The first-order valence-electron chi connectivity index (χ1n) is 7.19. The molecule has 1 aromatic rings. The van der Waals surface area contributed by atoms with Crippen LogP contribution in [0.4, 0.5) is 13.2 Å². The van der Waals surface area contributed by atoms with Crippen molar-refractivity contribution in [3.8, 4) is 0 Å². The predicted molar refractivity (Wildman–Crippen MR) is 77.8 cm³/mol. The van der Waals surface area contributed by atoms with Crippen LogP contribution < -0.4 is 5.32 Å². The van der Waals surface area contributed by atoms with Gasteiger partial charge in [0.25, 0.3) is 0 Å². The molecule has 0 saturated carbocycles. The fraction of sp³-hybridized carbons (Fsp3) is 0.625. The molecule has 120 valence electrons. The van der Waals surface area contributed by atoms with E-state index in [1.807, 2.05) is 0 Å². The zero-order valence-corrected chi connectivity index (χ0v) is 12.9. The third kappa shape index (κ3) is 6.48. The van der Waals surface area contributed by atoms with Crippen LogP contribution in [-0.4, -0.2) is 26.8 Å². The molecular formula is C16H24F3NO. The van der Waals surface area contributed by atoms with Crippen molar-refractivity contribution in [3.63, 3.8) is 0 Å². The SMILES string of the molecule is COCCNCCC(C)(C)CCc1c(F)cc(F)cc1F. The van der Waals surface area contributed by atoms with Gasteiger partial charge in [-0.2, -0.15) is 0 Å². The molecule has 0 radical (unpaired) electrons. The molecule has 1 rings (SSSR count). The molecule has 0 aliphatic rings. The van der Waals surface area contributed by atoms with Crippen molar-refractivity contribution in [2.24, 2.45) is 5.41 Å². The summed E-state index contributed by atoms with van der Waals surface area (Å²) in [6.45, 7) is 6.39. The van der Waals surface area contributed by atoms with E-state index in [9.17, 15) is 13.2 Å². The van der Waals surface area contributed by atoms with Gasteiger partial charge in [0, 0.05) is 31.4 Å². The van der Waals surface area contributed by atoms with Crippen molar-refractivity contribution < 1.29 is 17.9 Å². The minimum atomic E-state index is -0.879. The average molecular weight is 303 g/mol. The van der Waals surface area contributed by atoms with Gasteiger partial charge in [0.15, 0.2) is 0 Å². The Hall–Kier alpha value is -1.07. The van der Waals surface area contributed by atoms with Crippen LogP contribution in [0.25, 0.3) is 0 Å². The minimum absolute atomic E-state index is 0.0307. The maximum Gasteiger partial charge on any atom is 0.132 e. The molecule has 0 aliphatic heterocycles. The number of rotatable bonds is 9. The molecule has 0 heterocycles. The number of nitrogens with one attached hydrogen (secondary N) is 1. The molecule has 0 spiro atoms. The summed E-state index contributed by atoms with van der Waals surface area (Å²) < 4.78 is 44.9. The predicted octanol–water partition coefficient (Wildman–Crippen LogP) is 3.69. The molecule has 0 saturated heterocycles. The fourth-order valence-corrected chi connectivity index (χ4v) is 2.13. The van der Waals surface area contributed by atoms with E-state index in [1.54, 1.807) is 7.11 Å². The van der Waals surface area contributed by atoms with Crippen LogP contribution in [0.5, 0.6) is 0 Å². The van der Waals surface area contributed by atoms with Gasteiger partial charge in [0.05, 0.1) is 6.61 Å². The Bertz CT molecular complexity index is 426. The van der Waals surface area contributed by atoms with Crippen molar-refractivity contribution >= 4 is 0 Å². The Labute approximate surface area is 124 Å². The third-order valence-corrected chi connectivity index (χ3v) is 3.62. The Morgan fingerprint density at radius 1 is 1.05 bits per heavy atom. The lowest BCUT2D eigenvalue weighted by atomic mass is 9.83. The van der Waals surface area contributed by atoms with Gasteiger partial charge >= 0.3 is 0 Å². The minimum Gasteiger partial charge on any atom is -0.383 e. The lowest BCUT2D eigenvalue weighted by molar-refractivity contribution is 0.196. The zero-order chi connectivity index (χ0) is 15.9. The summed E-state index contributed by atoms with van der Waals surface area (Å²) in [5, 5.41) is 3.25. The summed E-state index contributed by atoms with van der Waals surface area (Å²) in [5.74, 6) is -2.49. The van der Waals surface area contributed by atoms with E-state index < -0.39 is 17.5 Å². The van der Waals surface area contributed by atoms with Crippen molar-refractivity contribution in [2.45, 2.75) is 33.1 Å². The molecule has 0 atom stereocenters. The van der Waals surface area contributed by atoms with Crippen LogP contribution in [-0.2, 0) is 11.2 Å². The van der Waals surface area contributed by atoms with E-state index in [1.165, 1.54) is 0 Å². The molecule has 0 aromatic heterocycles. The van der Waals surface area contributed by atoms with Crippen molar-refractivity contribution in [1.29, 1.82) is 0 Å². The molecule has 0 aliphatic carbocycles. The smallest absolute Gasteiger partial charge is 0.132 e. The molecule has 21 heavy (non-hydrogen) atoms. The number of hydrogen-bond acceptors (Lipinski definition) is 2. The molecule has 1 aromatic carbocycles. The highest BCUT2D eigenvalue weighted by atomic mass is 19.1. The largest absolute Gasteiger partial charge is 0.383 e. The van der Waals surface area contributed by atoms with Gasteiger partial charge < -0.3 is 10.1 Å². The van der Waals surface area contributed by atoms with Crippen LogP contribution in [0.3, 0.4) is 0 Å². The second-order valence-electron chi connectivity index (χ2n) is 6.01. The normalized spacial score (nSPS) is 11.9. The molecule has 1 N–H and O–H groups in total. The van der Waals surface area contributed by atoms with Gasteiger partial charge in [0.2, 0.25) is 0 Å². The Balaban J connectivity index is 2.46. The monoisotopic (exact) mass is 303 g/mol. The first kappa shape index (κ1) is 18.0. The average Bonchev–Trinajstić information content (AvgIpc) is 2.37. The summed E-state index contributed by atoms with van der Waals surface area (Å²) in [7, 11) is 1.65. The van der Waals surface area contributed by atoms with E-state index >= 15 is 0 Å². The van der Waals surface area contributed by atoms with E-state index in [0.29, 0.717) is 13.0 Å². The van der Waals surface area contributed by atoms with Crippen molar-refractivity contribution in [3.05, 3.63) is 35.1 Å². The molecule has 5 heteroatoms. The lowest BCUT2D eigenvalue weighted by Gasteiger charge is -2.25. The quantitative estimate of drug-likeness (QED) is 0.703. The van der Waals surface area contributed by atoms with Crippen LogP contribution in [0.1, 0.15) is 32.3 Å². The van der Waals surface area contributed by atoms with Crippen molar-refractivity contribution in [1.82, 2.24) is 5.32 Å². The molecular weight excluding hydrogens is 279 g/mol. The molecule has 0 bridgehead atoms.